The second-order valence-electron chi connectivity index (χ2n) is 7.20. The molecule has 1 aliphatic heterocycles. The zero-order valence-electron chi connectivity index (χ0n) is 18.0. The second-order valence-corrected chi connectivity index (χ2v) is 7.20. The molecule has 33 heavy (non-hydrogen) atoms. The van der Waals surface area contributed by atoms with Gasteiger partial charge in [-0.2, -0.15) is 0 Å². The third-order valence-corrected chi connectivity index (χ3v) is 4.98. The van der Waals surface area contributed by atoms with Gasteiger partial charge in [0.1, 0.15) is 11.7 Å². The molecule has 2 aromatic carbocycles. The van der Waals surface area contributed by atoms with Crippen LogP contribution in [-0.2, 0) is 4.74 Å². The topological polar surface area (TPSA) is 126 Å². The molecule has 0 aliphatic carbocycles. The van der Waals surface area contributed by atoms with Crippen LogP contribution in [0.1, 0.15) is 10.4 Å². The van der Waals surface area contributed by atoms with E-state index < -0.39 is 5.91 Å². The third-order valence-electron chi connectivity index (χ3n) is 4.98. The fourth-order valence-electron chi connectivity index (χ4n) is 3.29. The summed E-state index contributed by atoms with van der Waals surface area (Å²) < 4.78 is 5.41. The maximum atomic E-state index is 12.0. The molecule has 0 bridgehead atoms. The number of anilines is 3. The van der Waals surface area contributed by atoms with Gasteiger partial charge in [0.15, 0.2) is 0 Å². The Balaban J connectivity index is 1.42. The lowest BCUT2D eigenvalue weighted by Crippen LogP contribution is -2.36. The summed E-state index contributed by atoms with van der Waals surface area (Å²) in [5.74, 6) is -0.0279. The smallest absolute Gasteiger partial charge is 0.360 e. The van der Waals surface area contributed by atoms with Gasteiger partial charge in [0.25, 0.3) is 0 Å². The van der Waals surface area contributed by atoms with Crippen molar-refractivity contribution in [2.45, 2.75) is 0 Å². The number of rotatable bonds is 7. The molecule has 0 saturated carbocycles. The minimum absolute atomic E-state index is 0.109. The van der Waals surface area contributed by atoms with Crippen LogP contribution in [0.2, 0.25) is 0 Å². The molecule has 2 heterocycles. The summed E-state index contributed by atoms with van der Waals surface area (Å²) in [7, 11) is 0. The Labute approximate surface area is 190 Å². The van der Waals surface area contributed by atoms with E-state index in [0.717, 1.165) is 48.9 Å². The zero-order chi connectivity index (χ0) is 22.9. The molecule has 1 saturated heterocycles. The van der Waals surface area contributed by atoms with Crippen LogP contribution in [-0.4, -0.2) is 60.4 Å². The maximum absolute atomic E-state index is 12.0. The van der Waals surface area contributed by atoms with E-state index in [1.807, 2.05) is 12.1 Å². The molecule has 1 aliphatic rings. The summed E-state index contributed by atoms with van der Waals surface area (Å²) in [4.78, 5) is 26.6. The monoisotopic (exact) mass is 446 g/mol. The lowest BCUT2D eigenvalue weighted by atomic mass is 10.1. The van der Waals surface area contributed by atoms with Crippen molar-refractivity contribution in [2.24, 2.45) is 10.2 Å². The van der Waals surface area contributed by atoms with Crippen LogP contribution in [0.3, 0.4) is 0 Å². The molecule has 4 rings (SSSR count). The molecule has 2 N–H and O–H groups in total. The summed E-state index contributed by atoms with van der Waals surface area (Å²) in [5.41, 5.74) is 3.99. The molecule has 0 radical (unpaired) electrons. The highest BCUT2D eigenvalue weighted by molar-refractivity contribution is 5.94. The van der Waals surface area contributed by atoms with Crippen molar-refractivity contribution in [1.82, 2.24) is 14.9 Å². The number of aliphatic hydroxyl groups excluding tert-OH is 1. The molecule has 168 valence electrons. The van der Waals surface area contributed by atoms with Crippen molar-refractivity contribution < 1.29 is 14.6 Å². The summed E-state index contributed by atoms with van der Waals surface area (Å²) in [6.07, 6.45) is 1.68. The van der Waals surface area contributed by atoms with Gasteiger partial charge < -0.3 is 20.1 Å². The van der Waals surface area contributed by atoms with Gasteiger partial charge >= 0.3 is 5.91 Å². The normalized spacial score (nSPS) is 13.2. The van der Waals surface area contributed by atoms with Gasteiger partial charge in [0.05, 0.1) is 25.5 Å². The predicted octanol–water partition coefficient (Wildman–Crippen LogP) is 2.83. The lowest BCUT2D eigenvalue weighted by Gasteiger charge is -2.28. The van der Waals surface area contributed by atoms with Crippen molar-refractivity contribution in [2.75, 3.05) is 49.7 Å². The minimum Gasteiger partial charge on any atom is -0.394 e. The predicted molar refractivity (Wildman–Crippen MR) is 123 cm³/mol. The Morgan fingerprint density at radius 2 is 1.85 bits per heavy atom. The van der Waals surface area contributed by atoms with Crippen LogP contribution in [0, 0.1) is 0 Å². The lowest BCUT2D eigenvalue weighted by molar-refractivity contribution is 0.0992. The molecule has 0 spiro atoms. The fraction of sp³-hybridized carbons (Fsp3) is 0.261. The van der Waals surface area contributed by atoms with Crippen LogP contribution in [0.4, 0.5) is 17.3 Å². The average Bonchev–Trinajstić information content (AvgIpc) is 2.88. The molecule has 3 aromatic rings. The van der Waals surface area contributed by atoms with Gasteiger partial charge in [-0.25, -0.2) is 9.97 Å². The standard InChI is InChI=1S/C23H23N7O3/c31-14-11-25-29-28-22(32)18-3-1-17(2-4-18)21-9-10-24-23(27-21)26-19-5-7-20(8-6-19)30-12-15-33-16-13-30/h1-10,31H,11-16H2/p+1. The SMILES string of the molecule is O=C(N=[N+]=NCCO)c1ccc(-c2ccnc(Nc3ccc(N4CCOCC4)cc3)n2)cc1. The highest BCUT2D eigenvalue weighted by atomic mass is 16.5. The van der Waals surface area contributed by atoms with Gasteiger partial charge in [0.2, 0.25) is 16.0 Å². The van der Waals surface area contributed by atoms with Crippen LogP contribution >= 0.6 is 0 Å². The van der Waals surface area contributed by atoms with Gasteiger partial charge in [-0.3, -0.25) is 4.79 Å². The quantitative estimate of drug-likeness (QED) is 0.422. The van der Waals surface area contributed by atoms with E-state index in [1.165, 1.54) is 0 Å². The highest BCUT2D eigenvalue weighted by Crippen LogP contribution is 2.23. The number of aliphatic hydroxyl groups is 1. The Kier molecular flexibility index (Phi) is 7.44. The first-order chi connectivity index (χ1) is 16.2. The molecule has 1 aromatic heterocycles. The maximum Gasteiger partial charge on any atom is 0.360 e. The van der Waals surface area contributed by atoms with E-state index in [1.54, 1.807) is 36.5 Å². The van der Waals surface area contributed by atoms with E-state index in [-0.39, 0.29) is 13.2 Å². The van der Waals surface area contributed by atoms with Crippen LogP contribution in [0.5, 0.6) is 0 Å². The number of amides is 1. The zero-order valence-corrected chi connectivity index (χ0v) is 18.0. The molecule has 0 atom stereocenters. The molecule has 0 unspecified atom stereocenters. The number of aromatic nitrogens is 2. The van der Waals surface area contributed by atoms with Gasteiger partial charge in [-0.1, -0.05) is 12.1 Å². The average molecular weight is 446 g/mol. The number of morpholine rings is 1. The Morgan fingerprint density at radius 3 is 2.58 bits per heavy atom. The molecule has 10 nitrogen and oxygen atoms in total. The van der Waals surface area contributed by atoms with Crippen molar-refractivity contribution in [3.8, 4) is 11.3 Å². The molecule has 10 heteroatoms. The largest absolute Gasteiger partial charge is 0.394 e. The number of hydrogen-bond donors (Lipinski definition) is 2. The summed E-state index contributed by atoms with van der Waals surface area (Å²) in [6, 6.07) is 16.8. The van der Waals surface area contributed by atoms with Crippen LogP contribution in [0.25, 0.3) is 11.3 Å². The van der Waals surface area contributed by atoms with Crippen molar-refractivity contribution in [3.63, 3.8) is 0 Å². The third kappa shape index (κ3) is 6.05. The van der Waals surface area contributed by atoms with Gasteiger partial charge in [-0.05, 0) is 42.5 Å². The number of carbonyl (C=O) groups is 1. The number of nitrogens with one attached hydrogen (secondary N) is 1. The first-order valence-electron chi connectivity index (χ1n) is 10.6. The van der Waals surface area contributed by atoms with Crippen molar-refractivity contribution in [3.05, 3.63) is 66.4 Å². The first-order valence-corrected chi connectivity index (χ1v) is 10.6. The Morgan fingerprint density at radius 1 is 1.09 bits per heavy atom. The number of ether oxygens (including phenoxy) is 1. The van der Waals surface area contributed by atoms with Gasteiger partial charge in [-0.15, -0.1) is 0 Å². The number of carbonyl (C=O) groups excluding carboxylic acids is 1. The van der Waals surface area contributed by atoms with Crippen molar-refractivity contribution in [1.29, 1.82) is 0 Å². The molecule has 1 fully saturated rings. The van der Waals surface area contributed by atoms with E-state index in [4.69, 9.17) is 9.84 Å². The summed E-state index contributed by atoms with van der Waals surface area (Å²) in [6.45, 7) is 3.25. The van der Waals surface area contributed by atoms with Crippen molar-refractivity contribution >= 4 is 23.2 Å². The minimum atomic E-state index is -0.506. The fourth-order valence-corrected chi connectivity index (χ4v) is 3.29. The molecule has 1 amide bonds. The number of hydrogen-bond acceptors (Lipinski definition) is 8. The summed E-state index contributed by atoms with van der Waals surface area (Å²) >= 11 is 0. The van der Waals surface area contributed by atoms with Crippen LogP contribution < -0.4 is 15.1 Å². The second kappa shape index (κ2) is 11.1. The highest BCUT2D eigenvalue weighted by Gasteiger charge is 2.12. The van der Waals surface area contributed by atoms with Crippen LogP contribution in [0.15, 0.2) is 71.0 Å². The number of benzene rings is 2. The van der Waals surface area contributed by atoms with E-state index in [2.05, 4.69) is 47.5 Å². The van der Waals surface area contributed by atoms with E-state index in [9.17, 15) is 4.79 Å². The van der Waals surface area contributed by atoms with Gasteiger partial charge in [0, 0.05) is 41.8 Å². The Bertz CT molecular complexity index is 1140. The molecular formula is C23H24N7O3+. The number of nitrogens with zero attached hydrogens (tertiary/aromatic N) is 6. The van der Waals surface area contributed by atoms with E-state index in [0.29, 0.717) is 11.5 Å². The Hall–Kier alpha value is -3.98. The summed E-state index contributed by atoms with van der Waals surface area (Å²) in [5, 5.41) is 18.9. The molecular weight excluding hydrogens is 422 g/mol. The first kappa shape index (κ1) is 22.2. The van der Waals surface area contributed by atoms with E-state index >= 15 is 0 Å².